The second-order valence-corrected chi connectivity index (χ2v) is 6.39. The second-order valence-electron chi connectivity index (χ2n) is 4.12. The summed E-state index contributed by atoms with van der Waals surface area (Å²) < 4.78 is 21.2. The molecule has 0 bridgehead atoms. The van der Waals surface area contributed by atoms with Crippen LogP contribution in [0.3, 0.4) is 0 Å². The predicted molar refractivity (Wildman–Crippen MR) is 64.8 cm³/mol. The van der Waals surface area contributed by atoms with Gasteiger partial charge in [0.1, 0.15) is 11.9 Å². The fraction of sp³-hybridized carbons (Fsp3) is 0.909. The minimum atomic E-state index is -3.17. The van der Waals surface area contributed by atoms with Crippen LogP contribution in [-0.2, 0) is 18.4 Å². The van der Waals surface area contributed by atoms with Crippen LogP contribution in [0.5, 0.6) is 0 Å². The van der Waals surface area contributed by atoms with E-state index in [1.54, 1.807) is 0 Å². The van der Waals surface area contributed by atoms with E-state index in [-0.39, 0.29) is 11.9 Å². The molecule has 0 aliphatic heterocycles. The van der Waals surface area contributed by atoms with Crippen molar-refractivity contribution in [2.24, 2.45) is 5.92 Å². The molecule has 0 radical (unpaired) electrons. The lowest BCUT2D eigenvalue weighted by atomic mass is 10.1. The molecule has 0 aromatic carbocycles. The molecule has 0 fully saturated rings. The van der Waals surface area contributed by atoms with Crippen LogP contribution in [0.1, 0.15) is 39.5 Å². The molecule has 0 rings (SSSR count). The maximum atomic E-state index is 11.7. The Kier molecular flexibility index (Phi) is 7.90. The van der Waals surface area contributed by atoms with Crippen molar-refractivity contribution in [3.8, 4) is 0 Å². The molecule has 0 aliphatic carbocycles. The van der Waals surface area contributed by atoms with Crippen molar-refractivity contribution in [1.82, 2.24) is 0 Å². The Morgan fingerprint density at radius 3 is 2.31 bits per heavy atom. The van der Waals surface area contributed by atoms with Crippen molar-refractivity contribution in [2.45, 2.75) is 39.5 Å². The average molecular weight is 252 g/mol. The highest BCUT2D eigenvalue weighted by Gasteiger charge is 2.25. The summed E-state index contributed by atoms with van der Waals surface area (Å²) in [6, 6.07) is 0. The smallest absolute Gasteiger partial charge is 0.312 e. The van der Waals surface area contributed by atoms with Crippen molar-refractivity contribution in [2.75, 3.05) is 20.4 Å². The molecule has 0 saturated heterocycles. The van der Waals surface area contributed by atoms with E-state index in [1.165, 1.54) is 14.2 Å². The topological polar surface area (TPSA) is 52.6 Å². The van der Waals surface area contributed by atoms with Crippen LogP contribution < -0.4 is 0 Å². The van der Waals surface area contributed by atoms with E-state index in [1.807, 2.05) is 6.92 Å². The van der Waals surface area contributed by atoms with Crippen LogP contribution in [0, 0.1) is 5.92 Å². The molecular weight excluding hydrogens is 229 g/mol. The molecule has 0 saturated carbocycles. The van der Waals surface area contributed by atoms with Crippen LogP contribution in [0.25, 0.3) is 0 Å². The van der Waals surface area contributed by atoms with E-state index in [0.29, 0.717) is 12.3 Å². The average Bonchev–Trinajstić information content (AvgIpc) is 2.25. The van der Waals surface area contributed by atoms with E-state index >= 15 is 0 Å². The van der Waals surface area contributed by atoms with Gasteiger partial charge in [-0.15, -0.1) is 0 Å². The van der Waals surface area contributed by atoms with Gasteiger partial charge in [0.25, 0.3) is 0 Å². The largest absolute Gasteiger partial charge is 0.337 e. The van der Waals surface area contributed by atoms with Gasteiger partial charge in [-0.3, -0.25) is 9.36 Å². The minimum Gasteiger partial charge on any atom is -0.312 e. The Balaban J connectivity index is 4.02. The summed E-state index contributed by atoms with van der Waals surface area (Å²) in [5, 5.41) is 0. The van der Waals surface area contributed by atoms with Gasteiger partial charge in [0.05, 0.1) is 0 Å². The zero-order chi connectivity index (χ0) is 12.6. The first-order valence-electron chi connectivity index (χ1n) is 5.69. The third-order valence-electron chi connectivity index (χ3n) is 2.55. The second kappa shape index (κ2) is 7.99. The molecule has 4 nitrogen and oxygen atoms in total. The Bertz CT molecular complexity index is 244. The first kappa shape index (κ1) is 15.8. The summed E-state index contributed by atoms with van der Waals surface area (Å²) in [6.45, 7) is 4.16. The van der Waals surface area contributed by atoms with Gasteiger partial charge in [-0.05, 0) is 5.92 Å². The van der Waals surface area contributed by atoms with Crippen LogP contribution >= 0.6 is 7.60 Å². The quantitative estimate of drug-likeness (QED) is 0.591. The van der Waals surface area contributed by atoms with Gasteiger partial charge in [0, 0.05) is 20.6 Å². The van der Waals surface area contributed by atoms with Gasteiger partial charge < -0.3 is 9.05 Å². The normalized spacial score (nSPS) is 13.8. The molecule has 0 N–H and O–H groups in total. The van der Waals surface area contributed by atoms with Crippen LogP contribution in [0.4, 0.5) is 0 Å². The van der Waals surface area contributed by atoms with Crippen molar-refractivity contribution in [3.05, 3.63) is 0 Å². The molecule has 0 aromatic heterocycles. The predicted octanol–water partition coefficient (Wildman–Crippen LogP) is 3.26. The van der Waals surface area contributed by atoms with Gasteiger partial charge in [-0.25, -0.2) is 0 Å². The van der Waals surface area contributed by atoms with Crippen molar-refractivity contribution in [1.29, 1.82) is 0 Å². The number of rotatable bonds is 9. The van der Waals surface area contributed by atoms with Crippen LogP contribution in [-0.4, -0.2) is 26.2 Å². The summed E-state index contributed by atoms with van der Waals surface area (Å²) in [5.74, 6) is 0.297. The number of hydrogen-bond acceptors (Lipinski definition) is 4. The molecule has 0 unspecified atom stereocenters. The first-order chi connectivity index (χ1) is 7.47. The lowest BCUT2D eigenvalue weighted by Crippen LogP contribution is -2.11. The highest BCUT2D eigenvalue weighted by atomic mass is 31.2. The van der Waals surface area contributed by atoms with Crippen molar-refractivity contribution in [3.63, 3.8) is 0 Å². The van der Waals surface area contributed by atoms with E-state index in [9.17, 15) is 9.36 Å². The molecule has 16 heavy (non-hydrogen) atoms. The number of hydrogen-bond donors (Lipinski definition) is 0. The van der Waals surface area contributed by atoms with Crippen molar-refractivity contribution >= 4 is 13.4 Å². The first-order valence-corrected chi connectivity index (χ1v) is 7.42. The van der Waals surface area contributed by atoms with E-state index in [0.717, 1.165) is 19.3 Å². The molecule has 0 aliphatic rings. The SMILES string of the molecule is CCCC[C@H](C)C[14C](=O)CP(=O)(OC)OC. The van der Waals surface area contributed by atoms with Crippen LogP contribution in [0.15, 0.2) is 0 Å². The summed E-state index contributed by atoms with van der Waals surface area (Å²) in [7, 11) is -0.562. The molecule has 0 aromatic rings. The van der Waals surface area contributed by atoms with Gasteiger partial charge in [0.15, 0.2) is 0 Å². The molecule has 5 heteroatoms. The highest BCUT2D eigenvalue weighted by molar-refractivity contribution is 7.54. The van der Waals surface area contributed by atoms with Gasteiger partial charge in [0.2, 0.25) is 0 Å². The molecule has 96 valence electrons. The Labute approximate surface area is 98.2 Å². The van der Waals surface area contributed by atoms with Gasteiger partial charge in [-0.2, -0.15) is 0 Å². The zero-order valence-electron chi connectivity index (χ0n) is 10.7. The van der Waals surface area contributed by atoms with Crippen LogP contribution in [0.2, 0.25) is 0 Å². The summed E-state index contributed by atoms with van der Waals surface area (Å²) in [6.07, 6.45) is 3.63. The maximum Gasteiger partial charge on any atom is 0.337 e. The lowest BCUT2D eigenvalue weighted by molar-refractivity contribution is -0.117. The van der Waals surface area contributed by atoms with E-state index < -0.39 is 7.60 Å². The van der Waals surface area contributed by atoms with Gasteiger partial charge >= 0.3 is 7.60 Å². The molecular formula is C11H23O4P. The monoisotopic (exact) mass is 252 g/mol. The fourth-order valence-electron chi connectivity index (χ4n) is 1.53. The Morgan fingerprint density at radius 1 is 1.31 bits per heavy atom. The number of unbranched alkanes of at least 4 members (excludes halogenated alkanes) is 1. The zero-order valence-corrected chi connectivity index (χ0v) is 11.6. The summed E-state index contributed by atoms with van der Waals surface area (Å²) in [4.78, 5) is 11.6. The Hall–Kier alpha value is -0.180. The van der Waals surface area contributed by atoms with E-state index in [2.05, 4.69) is 6.92 Å². The molecule has 1 atom stereocenters. The third kappa shape index (κ3) is 6.41. The number of Topliss-reactive ketones (excluding diaryl/α,β-unsaturated/α-hetero) is 1. The summed E-state index contributed by atoms with van der Waals surface area (Å²) >= 11 is 0. The number of carbonyl (C=O) groups is 1. The summed E-state index contributed by atoms with van der Waals surface area (Å²) in [5.41, 5.74) is 0. The molecule has 0 spiro atoms. The number of ketones is 1. The van der Waals surface area contributed by atoms with Crippen molar-refractivity contribution < 1.29 is 18.4 Å². The molecule has 0 heterocycles. The highest BCUT2D eigenvalue weighted by Crippen LogP contribution is 2.46. The fourth-order valence-corrected chi connectivity index (χ4v) is 2.50. The number of carbonyl (C=O) groups excluding carboxylic acids is 1. The minimum absolute atomic E-state index is 0.0457. The Morgan fingerprint density at radius 2 is 1.88 bits per heavy atom. The van der Waals surface area contributed by atoms with E-state index in [4.69, 9.17) is 9.05 Å². The standard InChI is InChI=1S/C11H23O4P/c1-5-6-7-10(2)8-11(12)9-16(13,14-3)15-4/h10H,5-9H2,1-4H3/t10-/m0/s1/i11+2. The maximum absolute atomic E-state index is 11.7. The molecule has 0 amide bonds. The lowest BCUT2D eigenvalue weighted by Gasteiger charge is -2.14. The van der Waals surface area contributed by atoms with Gasteiger partial charge in [-0.1, -0.05) is 33.1 Å². The third-order valence-corrected chi connectivity index (χ3v) is 4.41.